The van der Waals surface area contributed by atoms with E-state index in [2.05, 4.69) is 24.1 Å². The molecule has 0 fully saturated rings. The van der Waals surface area contributed by atoms with Crippen molar-refractivity contribution in [2.75, 3.05) is 12.4 Å². The molecule has 1 N–H and O–H groups in total. The summed E-state index contributed by atoms with van der Waals surface area (Å²) in [4.78, 5) is 15.3. The third kappa shape index (κ3) is 2.64. The minimum Gasteiger partial charge on any atom is -0.443 e. The lowest BCUT2D eigenvalue weighted by atomic mass is 9.84. The SMILES string of the molecule is CC(C)(CNC(=O)CCl)c1ccc2ncoc2c1. The normalized spacial score (nSPS) is 11.7. The maximum Gasteiger partial charge on any atom is 0.234 e. The first kappa shape index (κ1) is 12.9. The molecule has 1 aromatic carbocycles. The van der Waals surface area contributed by atoms with Gasteiger partial charge in [0.1, 0.15) is 11.4 Å². The predicted octanol–water partition coefficient (Wildman–Crippen LogP) is 2.46. The van der Waals surface area contributed by atoms with Crippen LogP contribution >= 0.6 is 11.6 Å². The van der Waals surface area contributed by atoms with Gasteiger partial charge in [-0.2, -0.15) is 0 Å². The van der Waals surface area contributed by atoms with Crippen molar-refractivity contribution in [3.05, 3.63) is 30.2 Å². The van der Waals surface area contributed by atoms with Gasteiger partial charge in [-0.1, -0.05) is 19.9 Å². The molecule has 0 bridgehead atoms. The first-order valence-corrected chi connectivity index (χ1v) is 6.23. The van der Waals surface area contributed by atoms with E-state index in [1.165, 1.54) is 6.39 Å². The Bertz CT molecular complexity index is 563. The van der Waals surface area contributed by atoms with Crippen LogP contribution in [0.3, 0.4) is 0 Å². The number of nitrogens with zero attached hydrogens (tertiary/aromatic N) is 1. The number of hydrogen-bond acceptors (Lipinski definition) is 3. The predicted molar refractivity (Wildman–Crippen MR) is 70.8 cm³/mol. The van der Waals surface area contributed by atoms with Crippen molar-refractivity contribution in [2.45, 2.75) is 19.3 Å². The molecule has 1 amide bonds. The Labute approximate surface area is 110 Å². The van der Waals surface area contributed by atoms with E-state index in [0.717, 1.165) is 16.7 Å². The summed E-state index contributed by atoms with van der Waals surface area (Å²) in [6.45, 7) is 4.64. The molecule has 2 aromatic rings. The third-order valence-corrected chi connectivity index (χ3v) is 3.20. The highest BCUT2D eigenvalue weighted by molar-refractivity contribution is 6.27. The van der Waals surface area contributed by atoms with Crippen LogP contribution in [0.1, 0.15) is 19.4 Å². The van der Waals surface area contributed by atoms with Crippen molar-refractivity contribution in [1.82, 2.24) is 10.3 Å². The van der Waals surface area contributed by atoms with Gasteiger partial charge >= 0.3 is 0 Å². The van der Waals surface area contributed by atoms with Crippen LogP contribution in [0.2, 0.25) is 0 Å². The van der Waals surface area contributed by atoms with Crippen LogP contribution in [0, 0.1) is 0 Å². The van der Waals surface area contributed by atoms with Gasteiger partial charge in [0, 0.05) is 12.0 Å². The van der Waals surface area contributed by atoms with Crippen molar-refractivity contribution in [3.8, 4) is 0 Å². The Kier molecular flexibility index (Phi) is 3.57. The van der Waals surface area contributed by atoms with Gasteiger partial charge in [-0.05, 0) is 17.7 Å². The molecule has 0 radical (unpaired) electrons. The second kappa shape index (κ2) is 4.98. The van der Waals surface area contributed by atoms with E-state index in [1.807, 2.05) is 18.2 Å². The molecule has 18 heavy (non-hydrogen) atoms. The van der Waals surface area contributed by atoms with Gasteiger partial charge in [-0.3, -0.25) is 4.79 Å². The van der Waals surface area contributed by atoms with Crippen LogP contribution < -0.4 is 5.32 Å². The Morgan fingerprint density at radius 1 is 1.50 bits per heavy atom. The van der Waals surface area contributed by atoms with Crippen LogP contribution in [0.25, 0.3) is 11.1 Å². The molecule has 96 valence electrons. The summed E-state index contributed by atoms with van der Waals surface area (Å²) >= 11 is 5.46. The zero-order valence-corrected chi connectivity index (χ0v) is 11.1. The maximum atomic E-state index is 11.2. The zero-order valence-electron chi connectivity index (χ0n) is 10.4. The van der Waals surface area contributed by atoms with Crippen molar-refractivity contribution < 1.29 is 9.21 Å². The lowest BCUT2D eigenvalue weighted by molar-refractivity contribution is -0.118. The molecular formula is C13H15ClN2O2. The first-order chi connectivity index (χ1) is 8.53. The van der Waals surface area contributed by atoms with E-state index < -0.39 is 0 Å². The number of benzene rings is 1. The fraction of sp³-hybridized carbons (Fsp3) is 0.385. The number of nitrogens with one attached hydrogen (secondary N) is 1. The summed E-state index contributed by atoms with van der Waals surface area (Å²) in [5.41, 5.74) is 2.48. The van der Waals surface area contributed by atoms with Gasteiger partial charge in [0.15, 0.2) is 12.0 Å². The summed E-state index contributed by atoms with van der Waals surface area (Å²) in [6.07, 6.45) is 1.43. The van der Waals surface area contributed by atoms with Gasteiger partial charge in [0.25, 0.3) is 0 Å². The lowest BCUT2D eigenvalue weighted by Gasteiger charge is -2.25. The molecule has 0 aliphatic heterocycles. The van der Waals surface area contributed by atoms with E-state index in [4.69, 9.17) is 16.0 Å². The zero-order chi connectivity index (χ0) is 13.2. The number of hydrogen-bond donors (Lipinski definition) is 1. The van der Waals surface area contributed by atoms with E-state index in [-0.39, 0.29) is 17.2 Å². The fourth-order valence-corrected chi connectivity index (χ4v) is 1.84. The Balaban J connectivity index is 2.19. The second-order valence-corrected chi connectivity index (χ2v) is 5.10. The number of carbonyl (C=O) groups is 1. The molecular weight excluding hydrogens is 252 g/mol. The third-order valence-electron chi connectivity index (χ3n) is 2.96. The van der Waals surface area contributed by atoms with Crippen molar-refractivity contribution >= 4 is 28.6 Å². The molecule has 0 atom stereocenters. The molecule has 0 aliphatic rings. The first-order valence-electron chi connectivity index (χ1n) is 5.69. The van der Waals surface area contributed by atoms with Gasteiger partial charge < -0.3 is 9.73 Å². The van der Waals surface area contributed by atoms with Gasteiger partial charge in [-0.15, -0.1) is 11.6 Å². The number of alkyl halides is 1. The number of aromatic nitrogens is 1. The largest absolute Gasteiger partial charge is 0.443 e. The highest BCUT2D eigenvalue weighted by atomic mass is 35.5. The van der Waals surface area contributed by atoms with Crippen molar-refractivity contribution in [2.24, 2.45) is 0 Å². The molecule has 0 saturated heterocycles. The summed E-state index contributed by atoms with van der Waals surface area (Å²) in [6, 6.07) is 5.87. The fourth-order valence-electron chi connectivity index (χ4n) is 1.74. The van der Waals surface area contributed by atoms with E-state index in [0.29, 0.717) is 6.54 Å². The van der Waals surface area contributed by atoms with Crippen LogP contribution in [0.5, 0.6) is 0 Å². The molecule has 4 nitrogen and oxygen atoms in total. The number of oxazole rings is 1. The highest BCUT2D eigenvalue weighted by Gasteiger charge is 2.22. The smallest absolute Gasteiger partial charge is 0.234 e. The van der Waals surface area contributed by atoms with Gasteiger partial charge in [-0.25, -0.2) is 4.98 Å². The van der Waals surface area contributed by atoms with Gasteiger partial charge in [0.05, 0.1) is 0 Å². The highest BCUT2D eigenvalue weighted by Crippen LogP contribution is 2.25. The number of halogens is 1. The van der Waals surface area contributed by atoms with Crippen LogP contribution in [-0.4, -0.2) is 23.3 Å². The quantitative estimate of drug-likeness (QED) is 0.865. The van der Waals surface area contributed by atoms with E-state index in [9.17, 15) is 4.79 Å². The number of carbonyl (C=O) groups excluding carboxylic acids is 1. The topological polar surface area (TPSA) is 55.1 Å². The van der Waals surface area contributed by atoms with E-state index in [1.54, 1.807) is 0 Å². The summed E-state index contributed by atoms with van der Waals surface area (Å²) in [5.74, 6) is -0.178. The van der Waals surface area contributed by atoms with Gasteiger partial charge in [0.2, 0.25) is 5.91 Å². The maximum absolute atomic E-state index is 11.2. The molecule has 0 unspecified atom stereocenters. The van der Waals surface area contributed by atoms with Crippen molar-refractivity contribution in [3.63, 3.8) is 0 Å². The minimum absolute atomic E-state index is 0.0166. The molecule has 0 saturated carbocycles. The van der Waals surface area contributed by atoms with Crippen LogP contribution in [0.15, 0.2) is 29.0 Å². The molecule has 1 aromatic heterocycles. The number of fused-ring (bicyclic) bond motifs is 1. The summed E-state index contributed by atoms with van der Waals surface area (Å²) in [5, 5.41) is 2.80. The molecule has 2 rings (SSSR count). The molecule has 0 spiro atoms. The molecule has 1 heterocycles. The Morgan fingerprint density at radius 3 is 3.00 bits per heavy atom. The summed E-state index contributed by atoms with van der Waals surface area (Å²) in [7, 11) is 0. The summed E-state index contributed by atoms with van der Waals surface area (Å²) < 4.78 is 5.28. The minimum atomic E-state index is -0.192. The number of amides is 1. The van der Waals surface area contributed by atoms with Crippen LogP contribution in [-0.2, 0) is 10.2 Å². The van der Waals surface area contributed by atoms with Crippen LogP contribution in [0.4, 0.5) is 0 Å². The monoisotopic (exact) mass is 266 g/mol. The Morgan fingerprint density at radius 2 is 2.28 bits per heavy atom. The van der Waals surface area contributed by atoms with E-state index >= 15 is 0 Å². The lowest BCUT2D eigenvalue weighted by Crippen LogP contribution is -2.37. The molecule has 5 heteroatoms. The van der Waals surface area contributed by atoms with Crippen molar-refractivity contribution in [1.29, 1.82) is 0 Å². The molecule has 0 aliphatic carbocycles. The average molecular weight is 267 g/mol. The Hall–Kier alpha value is -1.55. The number of rotatable bonds is 4. The average Bonchev–Trinajstić information content (AvgIpc) is 2.83. The standard InChI is InChI=1S/C13H15ClN2O2/c1-13(2,7-15-12(17)6-14)9-3-4-10-11(5-9)18-8-16-10/h3-5,8H,6-7H2,1-2H3,(H,15,17). The second-order valence-electron chi connectivity index (χ2n) is 4.83.